The van der Waals surface area contributed by atoms with E-state index in [0.717, 1.165) is 30.7 Å². The molecule has 0 unspecified atom stereocenters. The molecule has 0 bridgehead atoms. The van der Waals surface area contributed by atoms with Crippen LogP contribution in [0.25, 0.3) is 10.8 Å². The van der Waals surface area contributed by atoms with Crippen molar-refractivity contribution in [3.8, 4) is 10.8 Å². The summed E-state index contributed by atoms with van der Waals surface area (Å²) in [5.41, 5.74) is 0.872. The summed E-state index contributed by atoms with van der Waals surface area (Å²) in [4.78, 5) is 17.8. The van der Waals surface area contributed by atoms with E-state index in [0.29, 0.717) is 17.7 Å². The summed E-state index contributed by atoms with van der Waals surface area (Å²) in [5, 5.41) is 5.17. The Morgan fingerprint density at radius 3 is 3.08 bits per heavy atom. The minimum atomic E-state index is 0.0206. The van der Waals surface area contributed by atoms with Gasteiger partial charge in [-0.05, 0) is 37.6 Å². The van der Waals surface area contributed by atoms with E-state index in [1.54, 1.807) is 17.6 Å². The predicted octanol–water partition coefficient (Wildman–Crippen LogP) is 3.41. The van der Waals surface area contributed by atoms with Crippen molar-refractivity contribution in [2.24, 2.45) is 5.41 Å². The third-order valence-corrected chi connectivity index (χ3v) is 6.26. The summed E-state index contributed by atoms with van der Waals surface area (Å²) >= 11 is 1.58. The van der Waals surface area contributed by atoms with Crippen LogP contribution in [0.4, 0.5) is 0 Å². The molecule has 128 valence electrons. The molecule has 2 aromatic heterocycles. The van der Waals surface area contributed by atoms with Crippen molar-refractivity contribution in [3.05, 3.63) is 29.5 Å². The molecule has 24 heavy (non-hydrogen) atoms. The van der Waals surface area contributed by atoms with E-state index in [9.17, 15) is 4.79 Å². The summed E-state index contributed by atoms with van der Waals surface area (Å²) in [6.45, 7) is 2.78. The van der Waals surface area contributed by atoms with Gasteiger partial charge < -0.3 is 14.5 Å². The second-order valence-electron chi connectivity index (χ2n) is 6.68. The van der Waals surface area contributed by atoms with E-state index >= 15 is 0 Å². The van der Waals surface area contributed by atoms with Crippen LogP contribution >= 0.6 is 11.3 Å². The Morgan fingerprint density at radius 1 is 1.54 bits per heavy atom. The molecule has 2 fully saturated rings. The Bertz CT molecular complexity index is 706. The number of rotatable bonds is 6. The second kappa shape index (κ2) is 6.33. The zero-order chi connectivity index (χ0) is 16.6. The molecule has 6 heteroatoms. The minimum absolute atomic E-state index is 0.0206. The van der Waals surface area contributed by atoms with Crippen LogP contribution in [0.15, 0.2) is 28.2 Å². The number of ether oxygens (including phenoxy) is 1. The number of nitrogens with zero attached hydrogens (tertiary/aromatic N) is 1. The first-order valence-corrected chi connectivity index (χ1v) is 9.48. The van der Waals surface area contributed by atoms with Crippen LogP contribution in [0.3, 0.4) is 0 Å². The molecule has 5 nitrogen and oxygen atoms in total. The standard InChI is InChI=1S/C18H22N2O3S/c1-2-22-15-10-14(18(15)6-4-7-18)20-16(21)9-12-11-23-17(19-12)13-5-3-8-24-13/h3,5,8,11,14-15H,2,4,6-7,9-10H2,1H3,(H,20,21)/t14-,15-/m1/s1. The lowest BCUT2D eigenvalue weighted by atomic mass is 9.51. The van der Waals surface area contributed by atoms with Gasteiger partial charge in [-0.25, -0.2) is 4.98 Å². The van der Waals surface area contributed by atoms with Gasteiger partial charge in [-0.15, -0.1) is 11.3 Å². The molecule has 2 aliphatic carbocycles. The molecule has 2 aromatic rings. The highest BCUT2D eigenvalue weighted by Crippen LogP contribution is 2.57. The molecule has 2 aliphatic rings. The lowest BCUT2D eigenvalue weighted by Crippen LogP contribution is -2.67. The van der Waals surface area contributed by atoms with Crippen molar-refractivity contribution in [2.45, 2.75) is 51.2 Å². The highest BCUT2D eigenvalue weighted by atomic mass is 32.1. The molecule has 0 aliphatic heterocycles. The van der Waals surface area contributed by atoms with Gasteiger partial charge in [-0.2, -0.15) is 0 Å². The molecular formula is C18H22N2O3S. The molecule has 1 N–H and O–H groups in total. The fraction of sp³-hybridized carbons (Fsp3) is 0.556. The largest absolute Gasteiger partial charge is 0.444 e. The van der Waals surface area contributed by atoms with Crippen LogP contribution < -0.4 is 5.32 Å². The van der Waals surface area contributed by atoms with Gasteiger partial charge in [0.2, 0.25) is 11.8 Å². The summed E-state index contributed by atoms with van der Waals surface area (Å²) in [6.07, 6.45) is 6.66. The average Bonchev–Trinajstić information content (AvgIpc) is 3.14. The average molecular weight is 346 g/mol. The van der Waals surface area contributed by atoms with Crippen LogP contribution in [-0.4, -0.2) is 29.6 Å². The molecular weight excluding hydrogens is 324 g/mol. The monoisotopic (exact) mass is 346 g/mol. The Balaban J connectivity index is 1.34. The number of aromatic nitrogens is 1. The molecule has 2 heterocycles. The van der Waals surface area contributed by atoms with Crippen LogP contribution in [0.2, 0.25) is 0 Å². The number of oxazole rings is 1. The number of hydrogen-bond donors (Lipinski definition) is 1. The maximum absolute atomic E-state index is 12.4. The van der Waals surface area contributed by atoms with Crippen molar-refractivity contribution >= 4 is 17.2 Å². The summed E-state index contributed by atoms with van der Waals surface area (Å²) in [5.74, 6) is 0.607. The van der Waals surface area contributed by atoms with Crippen molar-refractivity contribution in [1.82, 2.24) is 10.3 Å². The molecule has 2 saturated carbocycles. The number of hydrogen-bond acceptors (Lipinski definition) is 5. The van der Waals surface area contributed by atoms with E-state index in [4.69, 9.17) is 9.15 Å². The zero-order valence-electron chi connectivity index (χ0n) is 13.8. The number of carbonyl (C=O) groups is 1. The highest BCUT2D eigenvalue weighted by Gasteiger charge is 2.59. The van der Waals surface area contributed by atoms with Gasteiger partial charge in [0.1, 0.15) is 6.26 Å². The van der Waals surface area contributed by atoms with Crippen LogP contribution in [0.1, 0.15) is 38.3 Å². The predicted molar refractivity (Wildman–Crippen MR) is 91.8 cm³/mol. The van der Waals surface area contributed by atoms with E-state index < -0.39 is 0 Å². The number of amides is 1. The molecule has 0 aromatic carbocycles. The molecule has 1 amide bonds. The smallest absolute Gasteiger partial charge is 0.236 e. The third kappa shape index (κ3) is 2.67. The van der Waals surface area contributed by atoms with Gasteiger partial charge in [-0.1, -0.05) is 12.5 Å². The zero-order valence-corrected chi connectivity index (χ0v) is 14.6. The molecule has 0 saturated heterocycles. The van der Waals surface area contributed by atoms with Gasteiger partial charge in [0, 0.05) is 18.1 Å². The second-order valence-corrected chi connectivity index (χ2v) is 7.63. The van der Waals surface area contributed by atoms with Gasteiger partial charge in [0.05, 0.1) is 23.1 Å². The first kappa shape index (κ1) is 15.8. The van der Waals surface area contributed by atoms with Gasteiger partial charge in [-0.3, -0.25) is 4.79 Å². The normalized spacial score (nSPS) is 24.4. The molecule has 1 spiro atoms. The first-order valence-electron chi connectivity index (χ1n) is 8.60. The number of thiophene rings is 1. The Morgan fingerprint density at radius 2 is 2.42 bits per heavy atom. The van der Waals surface area contributed by atoms with Crippen LogP contribution in [-0.2, 0) is 16.0 Å². The van der Waals surface area contributed by atoms with Gasteiger partial charge in [0.15, 0.2) is 0 Å². The summed E-state index contributed by atoms with van der Waals surface area (Å²) in [7, 11) is 0. The van der Waals surface area contributed by atoms with E-state index in [1.165, 1.54) is 6.42 Å². The molecule has 0 radical (unpaired) electrons. The van der Waals surface area contributed by atoms with Crippen molar-refractivity contribution < 1.29 is 13.9 Å². The Kier molecular flexibility index (Phi) is 4.18. The van der Waals surface area contributed by atoms with Crippen LogP contribution in [0.5, 0.6) is 0 Å². The molecule has 4 rings (SSSR count). The number of nitrogens with one attached hydrogen (secondary N) is 1. The quantitative estimate of drug-likeness (QED) is 0.870. The van der Waals surface area contributed by atoms with E-state index in [1.807, 2.05) is 24.4 Å². The van der Waals surface area contributed by atoms with Gasteiger partial charge in [0.25, 0.3) is 0 Å². The topological polar surface area (TPSA) is 64.4 Å². The maximum atomic E-state index is 12.4. The van der Waals surface area contributed by atoms with Crippen molar-refractivity contribution in [1.29, 1.82) is 0 Å². The maximum Gasteiger partial charge on any atom is 0.236 e. The fourth-order valence-electron chi connectivity index (χ4n) is 3.95. The minimum Gasteiger partial charge on any atom is -0.444 e. The fourth-order valence-corrected chi connectivity index (χ4v) is 4.61. The number of carbonyl (C=O) groups excluding carboxylic acids is 1. The Hall–Kier alpha value is -1.66. The van der Waals surface area contributed by atoms with Crippen LogP contribution in [0, 0.1) is 5.41 Å². The third-order valence-electron chi connectivity index (χ3n) is 5.40. The summed E-state index contributed by atoms with van der Waals surface area (Å²) in [6, 6.07) is 4.17. The van der Waals surface area contributed by atoms with E-state index in [2.05, 4.69) is 10.3 Å². The highest BCUT2D eigenvalue weighted by molar-refractivity contribution is 7.13. The lowest BCUT2D eigenvalue weighted by molar-refractivity contribution is -0.175. The SMILES string of the molecule is CCO[C@@H]1C[C@@H](NC(=O)Cc2coc(-c3cccs3)n2)C12CCC2. The first-order chi connectivity index (χ1) is 11.7. The summed E-state index contributed by atoms with van der Waals surface area (Å²) < 4.78 is 11.3. The van der Waals surface area contributed by atoms with Crippen molar-refractivity contribution in [2.75, 3.05) is 6.61 Å². The van der Waals surface area contributed by atoms with Gasteiger partial charge >= 0.3 is 0 Å². The van der Waals surface area contributed by atoms with E-state index in [-0.39, 0.29) is 23.8 Å². The Labute approximate surface area is 145 Å². The lowest BCUT2D eigenvalue weighted by Gasteiger charge is -2.61. The molecule has 2 atom stereocenters. The van der Waals surface area contributed by atoms with Crippen molar-refractivity contribution in [3.63, 3.8) is 0 Å².